The SMILES string of the molecule is CCc1noc(CN(C)[C@H](C(=O)OC)c2cccc(C#N)c2)n1. The number of carbonyl (C=O) groups excluding carboxylic acids is 1. The van der Waals surface area contributed by atoms with Crippen LogP contribution in [0.2, 0.25) is 0 Å². The summed E-state index contributed by atoms with van der Waals surface area (Å²) in [7, 11) is 3.09. The first-order valence-electron chi connectivity index (χ1n) is 7.18. The minimum Gasteiger partial charge on any atom is -0.468 e. The number of ether oxygens (including phenoxy) is 1. The van der Waals surface area contributed by atoms with Crippen molar-refractivity contribution >= 4 is 5.97 Å². The Morgan fingerprint density at radius 2 is 2.30 bits per heavy atom. The van der Waals surface area contributed by atoms with Crippen LogP contribution < -0.4 is 0 Å². The number of benzene rings is 1. The Hall–Kier alpha value is -2.72. The number of nitrogens with zero attached hydrogens (tertiary/aromatic N) is 4. The van der Waals surface area contributed by atoms with Crippen molar-refractivity contribution in [1.82, 2.24) is 15.0 Å². The van der Waals surface area contributed by atoms with E-state index in [2.05, 4.69) is 16.2 Å². The number of aromatic nitrogens is 2. The number of methoxy groups -OCH3 is 1. The van der Waals surface area contributed by atoms with E-state index >= 15 is 0 Å². The number of likely N-dealkylation sites (N-methyl/N-ethyl adjacent to an activating group) is 1. The zero-order valence-electron chi connectivity index (χ0n) is 13.3. The number of aryl methyl sites for hydroxylation is 1. The largest absolute Gasteiger partial charge is 0.468 e. The predicted molar refractivity (Wildman–Crippen MR) is 81.1 cm³/mol. The molecule has 0 spiro atoms. The van der Waals surface area contributed by atoms with Crippen LogP contribution >= 0.6 is 0 Å². The van der Waals surface area contributed by atoms with Crippen LogP contribution in [0.4, 0.5) is 0 Å². The van der Waals surface area contributed by atoms with E-state index in [9.17, 15) is 4.79 Å². The summed E-state index contributed by atoms with van der Waals surface area (Å²) >= 11 is 0. The van der Waals surface area contributed by atoms with Gasteiger partial charge in [-0.25, -0.2) is 4.79 Å². The van der Waals surface area contributed by atoms with Crippen molar-refractivity contribution in [2.75, 3.05) is 14.2 Å². The van der Waals surface area contributed by atoms with Crippen molar-refractivity contribution in [3.63, 3.8) is 0 Å². The lowest BCUT2D eigenvalue weighted by Gasteiger charge is -2.24. The molecule has 0 N–H and O–H groups in total. The van der Waals surface area contributed by atoms with Crippen molar-refractivity contribution in [3.05, 3.63) is 47.1 Å². The summed E-state index contributed by atoms with van der Waals surface area (Å²) in [6.45, 7) is 2.23. The van der Waals surface area contributed by atoms with Gasteiger partial charge in [0.2, 0.25) is 5.89 Å². The summed E-state index contributed by atoms with van der Waals surface area (Å²) in [5.74, 6) is 0.627. The number of rotatable bonds is 6. The Morgan fingerprint density at radius 3 is 2.91 bits per heavy atom. The van der Waals surface area contributed by atoms with Gasteiger partial charge in [0, 0.05) is 6.42 Å². The van der Waals surface area contributed by atoms with Gasteiger partial charge >= 0.3 is 5.97 Å². The highest BCUT2D eigenvalue weighted by molar-refractivity contribution is 5.77. The van der Waals surface area contributed by atoms with E-state index in [1.165, 1.54) is 7.11 Å². The highest BCUT2D eigenvalue weighted by Crippen LogP contribution is 2.23. The molecule has 0 saturated carbocycles. The van der Waals surface area contributed by atoms with Gasteiger partial charge in [-0.15, -0.1) is 0 Å². The number of hydrogen-bond donors (Lipinski definition) is 0. The zero-order chi connectivity index (χ0) is 16.8. The lowest BCUT2D eigenvalue weighted by Crippen LogP contribution is -2.31. The molecule has 7 heteroatoms. The molecule has 1 atom stereocenters. The number of hydrogen-bond acceptors (Lipinski definition) is 7. The molecule has 0 unspecified atom stereocenters. The van der Waals surface area contributed by atoms with Crippen LogP contribution in [0.15, 0.2) is 28.8 Å². The van der Waals surface area contributed by atoms with E-state index in [1.54, 1.807) is 36.2 Å². The third kappa shape index (κ3) is 3.93. The van der Waals surface area contributed by atoms with Crippen molar-refractivity contribution in [2.45, 2.75) is 25.9 Å². The highest BCUT2D eigenvalue weighted by Gasteiger charge is 2.27. The topological polar surface area (TPSA) is 92.3 Å². The molecule has 120 valence electrons. The first-order valence-corrected chi connectivity index (χ1v) is 7.18. The van der Waals surface area contributed by atoms with Crippen LogP contribution in [-0.2, 0) is 22.5 Å². The minimum absolute atomic E-state index is 0.295. The van der Waals surface area contributed by atoms with Gasteiger partial charge < -0.3 is 9.26 Å². The molecule has 1 aromatic carbocycles. The van der Waals surface area contributed by atoms with E-state index in [-0.39, 0.29) is 0 Å². The maximum atomic E-state index is 12.2. The highest BCUT2D eigenvalue weighted by atomic mass is 16.5. The molecule has 2 rings (SSSR count). The van der Waals surface area contributed by atoms with Gasteiger partial charge in [0.15, 0.2) is 5.82 Å². The molecule has 23 heavy (non-hydrogen) atoms. The Balaban J connectivity index is 2.26. The molecule has 0 amide bonds. The Morgan fingerprint density at radius 1 is 1.52 bits per heavy atom. The standard InChI is InChI=1S/C16H18N4O3/c1-4-13-18-14(23-19-13)10-20(2)15(16(21)22-3)12-7-5-6-11(8-12)9-17/h5-8,15H,4,10H2,1-3H3/t15-/m0/s1. The van der Waals surface area contributed by atoms with Gasteiger partial charge in [0.1, 0.15) is 6.04 Å². The Bertz CT molecular complexity index is 720. The van der Waals surface area contributed by atoms with Crippen LogP contribution in [0, 0.1) is 11.3 Å². The maximum absolute atomic E-state index is 12.2. The smallest absolute Gasteiger partial charge is 0.327 e. The molecule has 1 heterocycles. The first-order chi connectivity index (χ1) is 11.1. The van der Waals surface area contributed by atoms with Crippen LogP contribution in [0.25, 0.3) is 0 Å². The lowest BCUT2D eigenvalue weighted by molar-refractivity contribution is -0.147. The molecule has 0 fully saturated rings. The molecule has 0 aliphatic carbocycles. The molecular formula is C16H18N4O3. The molecular weight excluding hydrogens is 296 g/mol. The van der Waals surface area contributed by atoms with Crippen LogP contribution in [0.3, 0.4) is 0 Å². The monoisotopic (exact) mass is 314 g/mol. The molecule has 0 radical (unpaired) electrons. The fraction of sp³-hybridized carbons (Fsp3) is 0.375. The molecule has 7 nitrogen and oxygen atoms in total. The van der Waals surface area contributed by atoms with E-state index in [1.807, 2.05) is 6.92 Å². The third-order valence-electron chi connectivity index (χ3n) is 3.41. The second-order valence-corrected chi connectivity index (χ2v) is 5.04. The summed E-state index contributed by atoms with van der Waals surface area (Å²) in [6.07, 6.45) is 0.678. The molecule has 2 aromatic rings. The molecule has 1 aromatic heterocycles. The quantitative estimate of drug-likeness (QED) is 0.751. The second kappa shape index (κ2) is 7.51. The zero-order valence-corrected chi connectivity index (χ0v) is 13.3. The fourth-order valence-electron chi connectivity index (χ4n) is 2.26. The predicted octanol–water partition coefficient (Wildman–Crippen LogP) is 1.85. The molecule has 0 saturated heterocycles. The van der Waals surface area contributed by atoms with Crippen LogP contribution in [-0.4, -0.2) is 35.2 Å². The van der Waals surface area contributed by atoms with E-state index in [4.69, 9.17) is 14.5 Å². The summed E-state index contributed by atoms with van der Waals surface area (Å²) in [5, 5.41) is 12.9. The maximum Gasteiger partial charge on any atom is 0.327 e. The lowest BCUT2D eigenvalue weighted by atomic mass is 10.0. The summed E-state index contributed by atoms with van der Waals surface area (Å²) in [6, 6.07) is 8.28. The van der Waals surface area contributed by atoms with Crippen molar-refractivity contribution in [1.29, 1.82) is 5.26 Å². The van der Waals surface area contributed by atoms with E-state index < -0.39 is 12.0 Å². The van der Waals surface area contributed by atoms with Gasteiger partial charge in [-0.1, -0.05) is 24.2 Å². The molecule has 0 aliphatic heterocycles. The Kier molecular flexibility index (Phi) is 5.44. The van der Waals surface area contributed by atoms with Crippen LogP contribution in [0.1, 0.15) is 35.8 Å². The number of nitriles is 1. The summed E-state index contributed by atoms with van der Waals surface area (Å²) in [5.41, 5.74) is 1.16. The van der Waals surface area contributed by atoms with Crippen molar-refractivity contribution in [2.24, 2.45) is 0 Å². The summed E-state index contributed by atoms with van der Waals surface area (Å²) in [4.78, 5) is 18.2. The average molecular weight is 314 g/mol. The van der Waals surface area contributed by atoms with Gasteiger partial charge in [0.05, 0.1) is 25.3 Å². The summed E-state index contributed by atoms with van der Waals surface area (Å²) < 4.78 is 10.1. The first kappa shape index (κ1) is 16.6. The second-order valence-electron chi connectivity index (χ2n) is 5.04. The van der Waals surface area contributed by atoms with Gasteiger partial charge in [-0.3, -0.25) is 4.90 Å². The fourth-order valence-corrected chi connectivity index (χ4v) is 2.26. The van der Waals surface area contributed by atoms with Gasteiger partial charge in [-0.05, 0) is 24.7 Å². The number of esters is 1. The average Bonchev–Trinajstić information content (AvgIpc) is 3.02. The normalized spacial score (nSPS) is 12.0. The van der Waals surface area contributed by atoms with Crippen LogP contribution in [0.5, 0.6) is 0 Å². The number of carbonyl (C=O) groups is 1. The third-order valence-corrected chi connectivity index (χ3v) is 3.41. The van der Waals surface area contributed by atoms with Gasteiger partial charge in [0.25, 0.3) is 0 Å². The molecule has 0 bridgehead atoms. The van der Waals surface area contributed by atoms with E-state index in [0.29, 0.717) is 35.8 Å². The Labute approximate surface area is 134 Å². The van der Waals surface area contributed by atoms with Gasteiger partial charge in [-0.2, -0.15) is 10.2 Å². The molecule has 0 aliphatic rings. The minimum atomic E-state index is -0.662. The van der Waals surface area contributed by atoms with E-state index in [0.717, 1.165) is 0 Å². The van der Waals surface area contributed by atoms with Crippen molar-refractivity contribution in [3.8, 4) is 6.07 Å². The van der Waals surface area contributed by atoms with Crippen molar-refractivity contribution < 1.29 is 14.1 Å².